The van der Waals surface area contributed by atoms with Gasteiger partial charge >= 0.3 is 0 Å². The summed E-state index contributed by atoms with van der Waals surface area (Å²) in [5.74, 6) is 0.0652. The lowest BCUT2D eigenvalue weighted by Crippen LogP contribution is -2.46. The molecule has 4 heteroatoms. The predicted octanol–water partition coefficient (Wildman–Crippen LogP) is 2.89. The van der Waals surface area contributed by atoms with Gasteiger partial charge in [-0.3, -0.25) is 9.80 Å². The Morgan fingerprint density at radius 1 is 1.19 bits per heavy atom. The summed E-state index contributed by atoms with van der Waals surface area (Å²) in [4.78, 5) is 5.15. The van der Waals surface area contributed by atoms with Crippen LogP contribution in [-0.4, -0.2) is 49.1 Å². The third-order valence-electron chi connectivity index (χ3n) is 4.76. The van der Waals surface area contributed by atoms with E-state index < -0.39 is 0 Å². The molecule has 2 fully saturated rings. The highest BCUT2D eigenvalue weighted by Gasteiger charge is 2.27. The van der Waals surface area contributed by atoms with Crippen LogP contribution < -0.4 is 4.74 Å². The normalized spacial score (nSPS) is 24.4. The molecule has 0 N–H and O–H groups in total. The van der Waals surface area contributed by atoms with Gasteiger partial charge in [-0.1, -0.05) is 6.07 Å². The van der Waals surface area contributed by atoms with E-state index in [0.29, 0.717) is 11.8 Å². The van der Waals surface area contributed by atoms with Crippen LogP contribution in [0.3, 0.4) is 0 Å². The number of ether oxygens (including phenoxy) is 1. The number of nitrogens with zero attached hydrogens (tertiary/aromatic N) is 2. The van der Waals surface area contributed by atoms with E-state index in [0.717, 1.165) is 25.2 Å². The number of halogens is 1. The number of hydrogen-bond donors (Lipinski definition) is 0. The van der Waals surface area contributed by atoms with Crippen LogP contribution in [0, 0.1) is 5.82 Å². The van der Waals surface area contributed by atoms with Gasteiger partial charge in [0.05, 0.1) is 7.11 Å². The number of likely N-dealkylation sites (tertiary alicyclic amines) is 2. The van der Waals surface area contributed by atoms with Gasteiger partial charge < -0.3 is 4.74 Å². The van der Waals surface area contributed by atoms with Crippen LogP contribution in [0.25, 0.3) is 0 Å². The molecule has 1 aromatic carbocycles. The highest BCUT2D eigenvalue weighted by Crippen LogP contribution is 2.23. The van der Waals surface area contributed by atoms with E-state index in [1.54, 1.807) is 0 Å². The van der Waals surface area contributed by atoms with E-state index in [1.165, 1.54) is 51.9 Å². The van der Waals surface area contributed by atoms with Crippen LogP contribution in [0.15, 0.2) is 18.2 Å². The Kier molecular flexibility index (Phi) is 4.76. The third kappa shape index (κ3) is 3.55. The van der Waals surface area contributed by atoms with Crippen molar-refractivity contribution in [1.82, 2.24) is 9.80 Å². The van der Waals surface area contributed by atoms with Crippen LogP contribution in [0.1, 0.15) is 31.2 Å². The fourth-order valence-corrected chi connectivity index (χ4v) is 3.64. The lowest BCUT2D eigenvalue weighted by atomic mass is 10.0. The first-order chi connectivity index (χ1) is 10.3. The van der Waals surface area contributed by atoms with E-state index >= 15 is 0 Å². The number of piperidine rings is 1. The monoisotopic (exact) mass is 292 g/mol. The summed E-state index contributed by atoms with van der Waals surface area (Å²) < 4.78 is 18.5. The van der Waals surface area contributed by atoms with Gasteiger partial charge in [-0.05, 0) is 63.0 Å². The zero-order valence-electron chi connectivity index (χ0n) is 12.9. The molecule has 0 bridgehead atoms. The number of methoxy groups -OCH3 is 1. The average molecular weight is 292 g/mol. The van der Waals surface area contributed by atoms with Crippen molar-refractivity contribution in [2.24, 2.45) is 0 Å². The summed E-state index contributed by atoms with van der Waals surface area (Å²) in [6.07, 6.45) is 5.29. The SMILES string of the molecule is COc1cc(CN2CCCC(N3CCCC3)C2)ccc1F. The standard InChI is InChI=1S/C17H25FN2O/c1-21-17-11-14(6-7-16(17)18)12-19-8-4-5-15(13-19)20-9-2-3-10-20/h6-7,11,15H,2-5,8-10,12-13H2,1H3. The van der Waals surface area contributed by atoms with Crippen LogP contribution in [0.2, 0.25) is 0 Å². The van der Waals surface area contributed by atoms with Gasteiger partial charge in [-0.15, -0.1) is 0 Å². The van der Waals surface area contributed by atoms with Crippen molar-refractivity contribution >= 4 is 0 Å². The van der Waals surface area contributed by atoms with Crippen molar-refractivity contribution in [2.45, 2.75) is 38.3 Å². The molecule has 21 heavy (non-hydrogen) atoms. The Hall–Kier alpha value is -1.13. The number of benzene rings is 1. The van der Waals surface area contributed by atoms with Crippen LogP contribution in [0.4, 0.5) is 4.39 Å². The largest absolute Gasteiger partial charge is 0.494 e. The van der Waals surface area contributed by atoms with Crippen molar-refractivity contribution < 1.29 is 9.13 Å². The van der Waals surface area contributed by atoms with Crippen LogP contribution >= 0.6 is 0 Å². The van der Waals surface area contributed by atoms with Crippen LogP contribution in [-0.2, 0) is 6.54 Å². The molecule has 0 aromatic heterocycles. The second-order valence-electron chi connectivity index (χ2n) is 6.24. The van der Waals surface area contributed by atoms with E-state index in [4.69, 9.17) is 4.74 Å². The first-order valence-electron chi connectivity index (χ1n) is 8.05. The zero-order valence-corrected chi connectivity index (χ0v) is 12.9. The maximum absolute atomic E-state index is 13.5. The van der Waals surface area contributed by atoms with Gasteiger partial charge in [-0.25, -0.2) is 4.39 Å². The molecule has 0 saturated carbocycles. The molecular formula is C17H25FN2O. The summed E-state index contributed by atoms with van der Waals surface area (Å²) in [6, 6.07) is 5.92. The summed E-state index contributed by atoms with van der Waals surface area (Å²) >= 11 is 0. The Bertz CT molecular complexity index is 474. The van der Waals surface area contributed by atoms with Crippen molar-refractivity contribution in [3.05, 3.63) is 29.6 Å². The first kappa shape index (κ1) is 14.8. The highest BCUT2D eigenvalue weighted by molar-refractivity contribution is 5.30. The fourth-order valence-electron chi connectivity index (χ4n) is 3.64. The van der Waals surface area contributed by atoms with E-state index in [2.05, 4.69) is 9.80 Å². The molecule has 2 aliphatic heterocycles. The first-order valence-corrected chi connectivity index (χ1v) is 8.05. The van der Waals surface area contributed by atoms with Gasteiger partial charge in [0, 0.05) is 19.1 Å². The topological polar surface area (TPSA) is 15.7 Å². The van der Waals surface area contributed by atoms with Crippen molar-refractivity contribution in [1.29, 1.82) is 0 Å². The van der Waals surface area contributed by atoms with Gasteiger partial charge in [0.15, 0.2) is 11.6 Å². The second-order valence-corrected chi connectivity index (χ2v) is 6.24. The maximum Gasteiger partial charge on any atom is 0.165 e. The minimum atomic E-state index is -0.283. The van der Waals surface area contributed by atoms with Gasteiger partial charge in [0.2, 0.25) is 0 Å². The fraction of sp³-hybridized carbons (Fsp3) is 0.647. The van der Waals surface area contributed by atoms with Crippen molar-refractivity contribution in [2.75, 3.05) is 33.3 Å². The molecule has 0 radical (unpaired) electrons. The molecule has 1 aromatic rings. The molecular weight excluding hydrogens is 267 g/mol. The van der Waals surface area contributed by atoms with E-state index in [1.807, 2.05) is 12.1 Å². The predicted molar refractivity (Wildman–Crippen MR) is 82.1 cm³/mol. The Labute approximate surface area is 126 Å². The average Bonchev–Trinajstić information content (AvgIpc) is 3.04. The lowest BCUT2D eigenvalue weighted by Gasteiger charge is -2.37. The molecule has 2 aliphatic rings. The minimum absolute atomic E-state index is 0.283. The minimum Gasteiger partial charge on any atom is -0.494 e. The number of rotatable bonds is 4. The molecule has 0 aliphatic carbocycles. The van der Waals surface area contributed by atoms with Crippen molar-refractivity contribution in [3.8, 4) is 5.75 Å². The van der Waals surface area contributed by atoms with E-state index in [9.17, 15) is 4.39 Å². The summed E-state index contributed by atoms with van der Waals surface area (Å²) in [5.41, 5.74) is 1.13. The summed E-state index contributed by atoms with van der Waals surface area (Å²) in [5, 5.41) is 0. The highest BCUT2D eigenvalue weighted by atomic mass is 19.1. The zero-order chi connectivity index (χ0) is 14.7. The van der Waals surface area contributed by atoms with Gasteiger partial charge in [0.1, 0.15) is 0 Å². The molecule has 2 heterocycles. The maximum atomic E-state index is 13.5. The van der Waals surface area contributed by atoms with Gasteiger partial charge in [-0.2, -0.15) is 0 Å². The lowest BCUT2D eigenvalue weighted by molar-refractivity contribution is 0.110. The Morgan fingerprint density at radius 2 is 2.00 bits per heavy atom. The Balaban J connectivity index is 1.61. The molecule has 3 nitrogen and oxygen atoms in total. The molecule has 0 amide bonds. The Morgan fingerprint density at radius 3 is 2.76 bits per heavy atom. The molecule has 3 rings (SSSR count). The number of hydrogen-bond acceptors (Lipinski definition) is 3. The quantitative estimate of drug-likeness (QED) is 0.848. The molecule has 1 atom stereocenters. The van der Waals surface area contributed by atoms with E-state index in [-0.39, 0.29) is 5.82 Å². The second kappa shape index (κ2) is 6.75. The van der Waals surface area contributed by atoms with Crippen LogP contribution in [0.5, 0.6) is 5.75 Å². The molecule has 2 saturated heterocycles. The van der Waals surface area contributed by atoms with Crippen molar-refractivity contribution in [3.63, 3.8) is 0 Å². The molecule has 116 valence electrons. The smallest absolute Gasteiger partial charge is 0.165 e. The van der Waals surface area contributed by atoms with Gasteiger partial charge in [0.25, 0.3) is 0 Å². The molecule has 0 spiro atoms. The summed E-state index contributed by atoms with van der Waals surface area (Å²) in [7, 11) is 1.52. The third-order valence-corrected chi connectivity index (χ3v) is 4.76. The summed E-state index contributed by atoms with van der Waals surface area (Å²) in [6.45, 7) is 5.70. The molecule has 1 unspecified atom stereocenters.